The number of carbonyl (C=O) groups excluding carboxylic acids is 1. The second kappa shape index (κ2) is 6.36. The molecule has 24 heavy (non-hydrogen) atoms. The maximum atomic E-state index is 13.5. The first kappa shape index (κ1) is 16.1. The number of pyridine rings is 1. The Labute approximate surface area is 138 Å². The van der Waals surface area contributed by atoms with Crippen molar-refractivity contribution in [1.82, 2.24) is 10.3 Å². The van der Waals surface area contributed by atoms with Crippen molar-refractivity contribution in [3.63, 3.8) is 0 Å². The lowest BCUT2D eigenvalue weighted by molar-refractivity contribution is 0.0935. The fraction of sp³-hybridized carbons (Fsp3) is 0.278. The first-order valence-corrected chi connectivity index (χ1v) is 7.65. The summed E-state index contributed by atoms with van der Waals surface area (Å²) in [5.41, 5.74) is 0.650. The summed E-state index contributed by atoms with van der Waals surface area (Å²) in [6.07, 6.45) is 3.49. The Kier molecular flexibility index (Phi) is 4.26. The molecule has 1 amide bonds. The Morgan fingerprint density at radius 2 is 1.96 bits per heavy atom. The minimum absolute atomic E-state index is 0.00629. The minimum atomic E-state index is -0.758. The molecule has 1 aliphatic rings. The molecule has 1 fully saturated rings. The normalized spacial score (nSPS) is 14.8. The predicted molar refractivity (Wildman–Crippen MR) is 84.0 cm³/mol. The van der Waals surface area contributed by atoms with E-state index < -0.39 is 11.6 Å². The predicted octanol–water partition coefficient (Wildman–Crippen LogP) is 3.43. The molecule has 0 unspecified atom stereocenters. The van der Waals surface area contributed by atoms with Crippen molar-refractivity contribution in [3.8, 4) is 17.2 Å². The van der Waals surface area contributed by atoms with Gasteiger partial charge in [-0.1, -0.05) is 0 Å². The average molecular weight is 327 g/mol. The third-order valence-corrected chi connectivity index (χ3v) is 4.12. The number of nitriles is 1. The molecule has 1 aromatic carbocycles. The van der Waals surface area contributed by atoms with Crippen LogP contribution in [0, 0.1) is 28.9 Å². The highest BCUT2D eigenvalue weighted by Gasteiger charge is 2.29. The van der Waals surface area contributed by atoms with Gasteiger partial charge in [0.1, 0.15) is 23.4 Å². The number of rotatable bonds is 4. The molecule has 1 aliphatic carbocycles. The van der Waals surface area contributed by atoms with Crippen LogP contribution in [0.4, 0.5) is 8.78 Å². The van der Waals surface area contributed by atoms with Crippen molar-refractivity contribution in [2.24, 2.45) is 5.92 Å². The maximum absolute atomic E-state index is 13.5. The van der Waals surface area contributed by atoms with E-state index in [9.17, 15) is 18.8 Å². The smallest absolute Gasteiger partial charge is 0.253 e. The molecule has 0 saturated heterocycles. The molecular formula is C18H15F2N3O. The van der Waals surface area contributed by atoms with E-state index in [0.717, 1.165) is 31.0 Å². The SMILES string of the molecule is C[C@H](NC(=O)c1cnc(C#N)c(-c2cc(F)cc(F)c2)c1)C1CC1. The number of aromatic nitrogens is 1. The van der Waals surface area contributed by atoms with Crippen LogP contribution in [-0.4, -0.2) is 16.9 Å². The third kappa shape index (κ3) is 3.40. The van der Waals surface area contributed by atoms with E-state index >= 15 is 0 Å². The van der Waals surface area contributed by atoms with Crippen LogP contribution in [0.1, 0.15) is 35.8 Å². The van der Waals surface area contributed by atoms with Gasteiger partial charge in [-0.2, -0.15) is 5.26 Å². The van der Waals surface area contributed by atoms with Gasteiger partial charge in [-0.15, -0.1) is 0 Å². The summed E-state index contributed by atoms with van der Waals surface area (Å²) in [7, 11) is 0. The maximum Gasteiger partial charge on any atom is 0.253 e. The van der Waals surface area contributed by atoms with E-state index in [0.29, 0.717) is 5.92 Å². The summed E-state index contributed by atoms with van der Waals surface area (Å²) in [6, 6.07) is 6.34. The third-order valence-electron chi connectivity index (χ3n) is 4.12. The molecule has 1 atom stereocenters. The number of nitrogens with one attached hydrogen (secondary N) is 1. The summed E-state index contributed by atoms with van der Waals surface area (Å²) in [5.74, 6) is -1.33. The second-order valence-electron chi connectivity index (χ2n) is 5.99. The zero-order valence-corrected chi connectivity index (χ0v) is 13.0. The second-order valence-corrected chi connectivity index (χ2v) is 5.99. The van der Waals surface area contributed by atoms with Crippen molar-refractivity contribution in [1.29, 1.82) is 5.26 Å². The van der Waals surface area contributed by atoms with Crippen LogP contribution in [0.15, 0.2) is 30.5 Å². The van der Waals surface area contributed by atoms with Gasteiger partial charge in [0, 0.05) is 23.9 Å². The fourth-order valence-corrected chi connectivity index (χ4v) is 2.61. The van der Waals surface area contributed by atoms with Gasteiger partial charge in [0.25, 0.3) is 5.91 Å². The van der Waals surface area contributed by atoms with Gasteiger partial charge in [0.05, 0.1) is 5.56 Å². The summed E-state index contributed by atoms with van der Waals surface area (Å²) < 4.78 is 26.9. The monoisotopic (exact) mass is 327 g/mol. The van der Waals surface area contributed by atoms with Crippen LogP contribution in [0.3, 0.4) is 0 Å². The number of benzene rings is 1. The Morgan fingerprint density at radius 1 is 1.29 bits per heavy atom. The molecule has 1 aromatic heterocycles. The van der Waals surface area contributed by atoms with Crippen molar-refractivity contribution in [2.75, 3.05) is 0 Å². The van der Waals surface area contributed by atoms with Gasteiger partial charge in [-0.05, 0) is 49.4 Å². The van der Waals surface area contributed by atoms with Crippen molar-refractivity contribution in [2.45, 2.75) is 25.8 Å². The van der Waals surface area contributed by atoms with E-state index in [2.05, 4.69) is 10.3 Å². The highest BCUT2D eigenvalue weighted by Crippen LogP contribution is 2.32. The van der Waals surface area contributed by atoms with E-state index in [1.165, 1.54) is 12.3 Å². The zero-order valence-electron chi connectivity index (χ0n) is 13.0. The van der Waals surface area contributed by atoms with Gasteiger partial charge in [-0.3, -0.25) is 4.79 Å². The van der Waals surface area contributed by atoms with Crippen molar-refractivity contribution >= 4 is 5.91 Å². The Morgan fingerprint density at radius 3 is 2.54 bits per heavy atom. The molecule has 1 heterocycles. The molecule has 0 aliphatic heterocycles. The van der Waals surface area contributed by atoms with E-state index in [-0.39, 0.29) is 34.3 Å². The van der Waals surface area contributed by atoms with E-state index in [1.54, 1.807) is 0 Å². The van der Waals surface area contributed by atoms with E-state index in [1.807, 2.05) is 13.0 Å². The van der Waals surface area contributed by atoms with Crippen LogP contribution >= 0.6 is 0 Å². The van der Waals surface area contributed by atoms with Crippen LogP contribution in [0.5, 0.6) is 0 Å². The van der Waals surface area contributed by atoms with Gasteiger partial charge < -0.3 is 5.32 Å². The standard InChI is InChI=1S/C18H15F2N3O/c1-10(11-2-3-11)23-18(24)13-6-16(17(8-21)22-9-13)12-4-14(19)7-15(20)5-12/h4-7,9-11H,2-3H2,1H3,(H,23,24)/t10-/m0/s1. The molecule has 4 nitrogen and oxygen atoms in total. The highest BCUT2D eigenvalue weighted by atomic mass is 19.1. The van der Waals surface area contributed by atoms with Crippen LogP contribution < -0.4 is 5.32 Å². The van der Waals surface area contributed by atoms with Crippen molar-refractivity contribution in [3.05, 3.63) is 53.4 Å². The van der Waals surface area contributed by atoms with Gasteiger partial charge in [0.15, 0.2) is 0 Å². The summed E-state index contributed by atoms with van der Waals surface area (Å²) >= 11 is 0. The zero-order chi connectivity index (χ0) is 17.3. The van der Waals surface area contributed by atoms with Gasteiger partial charge in [-0.25, -0.2) is 13.8 Å². The molecule has 1 saturated carbocycles. The lowest BCUT2D eigenvalue weighted by atomic mass is 10.0. The molecule has 6 heteroatoms. The Bertz CT molecular complexity index is 820. The number of hydrogen-bond acceptors (Lipinski definition) is 3. The lowest BCUT2D eigenvalue weighted by Gasteiger charge is -2.13. The molecule has 2 aromatic rings. The first-order chi connectivity index (χ1) is 11.5. The first-order valence-electron chi connectivity index (χ1n) is 7.65. The van der Waals surface area contributed by atoms with E-state index in [4.69, 9.17) is 0 Å². The number of carbonyl (C=O) groups is 1. The molecule has 1 N–H and O–H groups in total. The summed E-state index contributed by atoms with van der Waals surface area (Å²) in [6.45, 7) is 1.94. The molecule has 3 rings (SSSR count). The summed E-state index contributed by atoms with van der Waals surface area (Å²) in [4.78, 5) is 16.3. The molecule has 0 radical (unpaired) electrons. The molecule has 0 bridgehead atoms. The van der Waals surface area contributed by atoms with Crippen molar-refractivity contribution < 1.29 is 13.6 Å². The number of amides is 1. The summed E-state index contributed by atoms with van der Waals surface area (Å²) in [5, 5.41) is 12.1. The molecule has 122 valence electrons. The van der Waals surface area contributed by atoms with Crippen LogP contribution in [0.2, 0.25) is 0 Å². The fourth-order valence-electron chi connectivity index (χ4n) is 2.61. The minimum Gasteiger partial charge on any atom is -0.349 e. The largest absolute Gasteiger partial charge is 0.349 e. The molecular weight excluding hydrogens is 312 g/mol. The quantitative estimate of drug-likeness (QED) is 0.935. The number of hydrogen-bond donors (Lipinski definition) is 1. The van der Waals surface area contributed by atoms with Crippen LogP contribution in [-0.2, 0) is 0 Å². The topological polar surface area (TPSA) is 65.8 Å². The van der Waals surface area contributed by atoms with Gasteiger partial charge >= 0.3 is 0 Å². The highest BCUT2D eigenvalue weighted by molar-refractivity contribution is 5.95. The molecule has 0 spiro atoms. The lowest BCUT2D eigenvalue weighted by Crippen LogP contribution is -2.34. The Balaban J connectivity index is 1.96. The number of nitrogens with zero attached hydrogens (tertiary/aromatic N) is 2. The average Bonchev–Trinajstić information content (AvgIpc) is 3.38. The Hall–Kier alpha value is -2.81. The van der Waals surface area contributed by atoms with Gasteiger partial charge in [0.2, 0.25) is 0 Å². The number of halogens is 2. The van der Waals surface area contributed by atoms with Crippen LogP contribution in [0.25, 0.3) is 11.1 Å².